The van der Waals surface area contributed by atoms with Gasteiger partial charge in [0.1, 0.15) is 0 Å². The zero-order valence-electron chi connectivity index (χ0n) is 6.26. The Morgan fingerprint density at radius 3 is 2.90 bits per heavy atom. The van der Waals surface area contributed by atoms with Gasteiger partial charge in [0, 0.05) is 11.4 Å². The van der Waals surface area contributed by atoms with Crippen molar-refractivity contribution in [1.29, 1.82) is 0 Å². The molecule has 60 valence electrons. The second kappa shape index (κ2) is 3.69. The van der Waals surface area contributed by atoms with Crippen LogP contribution in [0.3, 0.4) is 0 Å². The highest BCUT2D eigenvalue weighted by Gasteiger charge is 2.23. The van der Waals surface area contributed by atoms with Crippen LogP contribution < -0.4 is 0 Å². The highest BCUT2D eigenvalue weighted by atomic mass is 79.9. The van der Waals surface area contributed by atoms with Crippen LogP contribution in [-0.2, 0) is 0 Å². The number of aliphatic hydroxyl groups is 1. The van der Waals surface area contributed by atoms with Crippen LogP contribution in [0.15, 0.2) is 0 Å². The van der Waals surface area contributed by atoms with Gasteiger partial charge in [0.15, 0.2) is 0 Å². The number of alkyl halides is 1. The number of rotatable bonds is 1. The number of likely N-dealkylation sites (tertiary alicyclic amines) is 1. The molecule has 2 atom stereocenters. The Labute approximate surface area is 70.3 Å². The molecule has 0 aromatic carbocycles. The van der Waals surface area contributed by atoms with E-state index in [1.54, 1.807) is 0 Å². The molecule has 0 saturated carbocycles. The third-order valence-electron chi connectivity index (χ3n) is 2.03. The number of hydrogen-bond donors (Lipinski definition) is 1. The highest BCUT2D eigenvalue weighted by molar-refractivity contribution is 9.09. The SMILES string of the molecule is CCN1CCC(Br)C(O)C1. The van der Waals surface area contributed by atoms with Crippen molar-refractivity contribution in [2.45, 2.75) is 24.3 Å². The van der Waals surface area contributed by atoms with Crippen LogP contribution in [0.2, 0.25) is 0 Å². The van der Waals surface area contributed by atoms with Crippen molar-refractivity contribution < 1.29 is 5.11 Å². The minimum atomic E-state index is -0.173. The molecule has 1 fully saturated rings. The van der Waals surface area contributed by atoms with Gasteiger partial charge in [0.2, 0.25) is 0 Å². The van der Waals surface area contributed by atoms with Crippen molar-refractivity contribution in [1.82, 2.24) is 4.90 Å². The summed E-state index contributed by atoms with van der Waals surface area (Å²) in [5.74, 6) is 0. The van der Waals surface area contributed by atoms with Gasteiger partial charge in [-0.1, -0.05) is 22.9 Å². The monoisotopic (exact) mass is 207 g/mol. The fraction of sp³-hybridized carbons (Fsp3) is 1.00. The molecule has 0 aliphatic carbocycles. The van der Waals surface area contributed by atoms with Gasteiger partial charge < -0.3 is 10.0 Å². The number of aliphatic hydroxyl groups excluding tert-OH is 1. The Hall–Kier alpha value is 0.400. The van der Waals surface area contributed by atoms with Crippen molar-refractivity contribution in [3.63, 3.8) is 0 Å². The number of hydrogen-bond acceptors (Lipinski definition) is 2. The molecule has 3 heteroatoms. The number of likely N-dealkylation sites (N-methyl/N-ethyl adjacent to an activating group) is 1. The molecular weight excluding hydrogens is 194 g/mol. The summed E-state index contributed by atoms with van der Waals surface area (Å²) >= 11 is 3.43. The van der Waals surface area contributed by atoms with E-state index in [1.807, 2.05) is 0 Å². The maximum Gasteiger partial charge on any atom is 0.0792 e. The van der Waals surface area contributed by atoms with E-state index in [-0.39, 0.29) is 6.10 Å². The average molecular weight is 208 g/mol. The van der Waals surface area contributed by atoms with E-state index >= 15 is 0 Å². The Balaban J connectivity index is 2.33. The van der Waals surface area contributed by atoms with Crippen LogP contribution >= 0.6 is 15.9 Å². The lowest BCUT2D eigenvalue weighted by molar-refractivity contribution is 0.0812. The molecule has 1 aliphatic heterocycles. The maximum absolute atomic E-state index is 9.39. The van der Waals surface area contributed by atoms with Gasteiger partial charge in [-0.3, -0.25) is 0 Å². The number of piperidine rings is 1. The highest BCUT2D eigenvalue weighted by Crippen LogP contribution is 2.17. The zero-order valence-corrected chi connectivity index (χ0v) is 7.84. The average Bonchev–Trinajstić information content (AvgIpc) is 1.95. The number of halogens is 1. The molecule has 1 saturated heterocycles. The van der Waals surface area contributed by atoms with Gasteiger partial charge in [0.25, 0.3) is 0 Å². The molecule has 0 spiro atoms. The topological polar surface area (TPSA) is 23.5 Å². The molecule has 2 unspecified atom stereocenters. The molecule has 10 heavy (non-hydrogen) atoms. The van der Waals surface area contributed by atoms with Gasteiger partial charge in [-0.15, -0.1) is 0 Å². The largest absolute Gasteiger partial charge is 0.391 e. The van der Waals surface area contributed by atoms with E-state index in [0.717, 1.165) is 26.1 Å². The van der Waals surface area contributed by atoms with E-state index in [4.69, 9.17) is 0 Å². The molecule has 0 bridgehead atoms. The Morgan fingerprint density at radius 1 is 1.70 bits per heavy atom. The van der Waals surface area contributed by atoms with Crippen LogP contribution in [0.1, 0.15) is 13.3 Å². The zero-order chi connectivity index (χ0) is 7.56. The molecule has 0 amide bonds. The first kappa shape index (κ1) is 8.50. The van der Waals surface area contributed by atoms with Crippen LogP contribution in [0.5, 0.6) is 0 Å². The molecular formula is C7H14BrNO. The van der Waals surface area contributed by atoms with Crippen molar-refractivity contribution in [3.05, 3.63) is 0 Å². The van der Waals surface area contributed by atoms with Crippen LogP contribution in [0.25, 0.3) is 0 Å². The third-order valence-corrected chi connectivity index (χ3v) is 3.10. The smallest absolute Gasteiger partial charge is 0.0792 e. The Kier molecular flexibility index (Phi) is 3.14. The lowest BCUT2D eigenvalue weighted by Gasteiger charge is -2.32. The Bertz CT molecular complexity index is 110. The van der Waals surface area contributed by atoms with E-state index < -0.39 is 0 Å². The predicted molar refractivity (Wildman–Crippen MR) is 45.5 cm³/mol. The molecule has 0 aromatic heterocycles. The third kappa shape index (κ3) is 1.94. The maximum atomic E-state index is 9.39. The molecule has 1 rings (SSSR count). The fourth-order valence-electron chi connectivity index (χ4n) is 1.26. The van der Waals surface area contributed by atoms with Crippen LogP contribution in [0, 0.1) is 0 Å². The van der Waals surface area contributed by atoms with E-state index in [1.165, 1.54) is 0 Å². The van der Waals surface area contributed by atoms with Crippen molar-refractivity contribution in [3.8, 4) is 0 Å². The van der Waals surface area contributed by atoms with Crippen molar-refractivity contribution in [2.24, 2.45) is 0 Å². The molecule has 0 aromatic rings. The second-order valence-corrected chi connectivity index (χ2v) is 3.94. The minimum Gasteiger partial charge on any atom is -0.391 e. The lowest BCUT2D eigenvalue weighted by Crippen LogP contribution is -2.43. The molecule has 2 nitrogen and oxygen atoms in total. The molecule has 1 N–H and O–H groups in total. The second-order valence-electron chi connectivity index (χ2n) is 2.77. The quantitative estimate of drug-likeness (QED) is 0.645. The summed E-state index contributed by atoms with van der Waals surface area (Å²) in [5, 5.41) is 9.39. The summed E-state index contributed by atoms with van der Waals surface area (Å²) in [6.45, 7) is 5.12. The first-order chi connectivity index (χ1) is 4.74. The predicted octanol–water partition coefficient (Wildman–Crippen LogP) is 0.836. The van der Waals surface area contributed by atoms with Gasteiger partial charge in [-0.2, -0.15) is 0 Å². The summed E-state index contributed by atoms with van der Waals surface area (Å²) in [6, 6.07) is 0. The number of β-amino-alcohol motifs (C(OH)–C–C–N with tert-alkyl or cyclic N) is 1. The standard InChI is InChI=1S/C7H14BrNO/c1-2-9-4-3-6(8)7(10)5-9/h6-7,10H,2-5H2,1H3. The van der Waals surface area contributed by atoms with Gasteiger partial charge in [-0.25, -0.2) is 0 Å². The summed E-state index contributed by atoms with van der Waals surface area (Å²) in [5.41, 5.74) is 0. The van der Waals surface area contributed by atoms with Crippen molar-refractivity contribution >= 4 is 15.9 Å². The Morgan fingerprint density at radius 2 is 2.40 bits per heavy atom. The first-order valence-electron chi connectivity index (χ1n) is 3.78. The normalized spacial score (nSPS) is 36.3. The minimum absolute atomic E-state index is 0.173. The molecule has 1 heterocycles. The fourth-order valence-corrected chi connectivity index (χ4v) is 1.63. The lowest BCUT2D eigenvalue weighted by atomic mass is 10.1. The van der Waals surface area contributed by atoms with Gasteiger partial charge in [0.05, 0.1) is 6.10 Å². The van der Waals surface area contributed by atoms with E-state index in [9.17, 15) is 5.11 Å². The van der Waals surface area contributed by atoms with E-state index in [0.29, 0.717) is 4.83 Å². The number of nitrogens with zero attached hydrogens (tertiary/aromatic N) is 1. The molecule has 1 aliphatic rings. The van der Waals surface area contributed by atoms with Crippen molar-refractivity contribution in [2.75, 3.05) is 19.6 Å². The van der Waals surface area contributed by atoms with Crippen LogP contribution in [-0.4, -0.2) is 40.6 Å². The van der Waals surface area contributed by atoms with Crippen LogP contribution in [0.4, 0.5) is 0 Å². The van der Waals surface area contributed by atoms with E-state index in [2.05, 4.69) is 27.8 Å². The summed E-state index contributed by atoms with van der Waals surface area (Å²) in [7, 11) is 0. The summed E-state index contributed by atoms with van der Waals surface area (Å²) < 4.78 is 0. The van der Waals surface area contributed by atoms with Gasteiger partial charge in [-0.05, 0) is 19.5 Å². The summed E-state index contributed by atoms with van der Waals surface area (Å²) in [4.78, 5) is 2.58. The summed E-state index contributed by atoms with van der Waals surface area (Å²) in [6.07, 6.45) is 0.892. The molecule has 0 radical (unpaired) electrons. The van der Waals surface area contributed by atoms with Gasteiger partial charge >= 0.3 is 0 Å². The first-order valence-corrected chi connectivity index (χ1v) is 4.70.